The highest BCUT2D eigenvalue weighted by molar-refractivity contribution is 5.75. The number of aliphatic hydroxyl groups is 1. The maximum absolute atomic E-state index is 12.5. The molecule has 0 aromatic heterocycles. The van der Waals surface area contributed by atoms with E-state index in [0.29, 0.717) is 13.0 Å². The van der Waals surface area contributed by atoms with Crippen molar-refractivity contribution in [2.24, 2.45) is 23.7 Å². The lowest BCUT2D eigenvalue weighted by Gasteiger charge is -2.42. The second-order valence-corrected chi connectivity index (χ2v) is 9.25. The molecular weight excluding hydrogens is 382 g/mol. The summed E-state index contributed by atoms with van der Waals surface area (Å²) in [6.07, 6.45) is 3.60. The fraction of sp³-hybridized carbons (Fsp3) is 0.500. The number of carboxylic acid groups (broad SMARTS) is 1. The Morgan fingerprint density at radius 2 is 1.83 bits per heavy atom. The second-order valence-electron chi connectivity index (χ2n) is 9.25. The standard InChI is InChI=1S/C24H31NO5/c1-15-19(16-8-6-5-7-9-16)12-17(26)13-20(15)18-10-11-25(14-21(18)22(27)28)23(29)30-24(2,3)4/h5-9,12-13,15,18,20-21,26H,10-11,14H2,1-4H3,(H,27,28)/t15?,18-,20?,21?/m1/s1. The van der Waals surface area contributed by atoms with E-state index in [0.717, 1.165) is 11.1 Å². The van der Waals surface area contributed by atoms with Crippen molar-refractivity contribution in [2.45, 2.75) is 39.7 Å². The van der Waals surface area contributed by atoms with Crippen LogP contribution in [0.2, 0.25) is 0 Å². The van der Waals surface area contributed by atoms with Crippen LogP contribution in [0.15, 0.2) is 48.2 Å². The number of ether oxygens (including phenoxy) is 1. The molecule has 1 heterocycles. The van der Waals surface area contributed by atoms with Crippen LogP contribution < -0.4 is 0 Å². The SMILES string of the molecule is CC1C(c2ccccc2)=CC(O)=CC1[C@H]1CCN(C(=O)OC(C)(C)C)CC1C(=O)O. The van der Waals surface area contributed by atoms with Gasteiger partial charge in [0.1, 0.15) is 11.4 Å². The Balaban J connectivity index is 1.82. The average Bonchev–Trinajstić information content (AvgIpc) is 2.68. The number of rotatable bonds is 3. The van der Waals surface area contributed by atoms with Crippen LogP contribution in [0, 0.1) is 23.7 Å². The molecule has 2 aliphatic rings. The molecule has 1 aromatic rings. The summed E-state index contributed by atoms with van der Waals surface area (Å²) in [7, 11) is 0. The van der Waals surface area contributed by atoms with E-state index >= 15 is 0 Å². The van der Waals surface area contributed by atoms with Gasteiger partial charge < -0.3 is 19.8 Å². The molecule has 162 valence electrons. The van der Waals surface area contributed by atoms with Crippen LogP contribution in [0.4, 0.5) is 4.79 Å². The van der Waals surface area contributed by atoms with Gasteiger partial charge in [0.2, 0.25) is 0 Å². The molecule has 0 radical (unpaired) electrons. The Morgan fingerprint density at radius 3 is 2.43 bits per heavy atom. The van der Waals surface area contributed by atoms with Crippen molar-refractivity contribution in [3.63, 3.8) is 0 Å². The fourth-order valence-corrected chi connectivity index (χ4v) is 4.54. The van der Waals surface area contributed by atoms with E-state index in [1.807, 2.05) is 30.3 Å². The number of aliphatic carboxylic acids is 1. The molecule has 3 rings (SSSR count). The summed E-state index contributed by atoms with van der Waals surface area (Å²) in [4.78, 5) is 26.1. The number of hydrogen-bond donors (Lipinski definition) is 2. The molecule has 1 aromatic carbocycles. The Bertz CT molecular complexity index is 852. The molecule has 1 amide bonds. The number of amides is 1. The zero-order valence-electron chi connectivity index (χ0n) is 18.0. The quantitative estimate of drug-likeness (QED) is 0.748. The Morgan fingerprint density at radius 1 is 1.17 bits per heavy atom. The van der Waals surface area contributed by atoms with Crippen LogP contribution in [0.5, 0.6) is 0 Å². The molecule has 1 aliphatic carbocycles. The van der Waals surface area contributed by atoms with Gasteiger partial charge in [0, 0.05) is 13.1 Å². The molecule has 4 atom stereocenters. The first-order valence-corrected chi connectivity index (χ1v) is 10.5. The number of benzene rings is 1. The van der Waals surface area contributed by atoms with Gasteiger partial charge in [0.15, 0.2) is 0 Å². The number of nitrogens with zero attached hydrogens (tertiary/aromatic N) is 1. The molecule has 0 saturated carbocycles. The van der Waals surface area contributed by atoms with Gasteiger partial charge in [0.25, 0.3) is 0 Å². The first kappa shape index (κ1) is 21.9. The van der Waals surface area contributed by atoms with Crippen LogP contribution in [-0.4, -0.2) is 45.9 Å². The second kappa shape index (κ2) is 8.54. The molecule has 3 unspecified atom stereocenters. The van der Waals surface area contributed by atoms with E-state index < -0.39 is 23.6 Å². The molecule has 0 spiro atoms. The summed E-state index contributed by atoms with van der Waals surface area (Å²) in [6.45, 7) is 8.00. The largest absolute Gasteiger partial charge is 0.508 e. The lowest BCUT2D eigenvalue weighted by Crippen LogP contribution is -2.50. The highest BCUT2D eigenvalue weighted by Crippen LogP contribution is 2.43. The summed E-state index contributed by atoms with van der Waals surface area (Å²) in [5.41, 5.74) is 1.39. The van der Waals surface area contributed by atoms with E-state index in [4.69, 9.17) is 4.74 Å². The van der Waals surface area contributed by atoms with Gasteiger partial charge in [-0.05, 0) is 68.2 Å². The van der Waals surface area contributed by atoms with E-state index in [9.17, 15) is 19.8 Å². The van der Waals surface area contributed by atoms with Crippen LogP contribution in [0.1, 0.15) is 39.7 Å². The third-order valence-corrected chi connectivity index (χ3v) is 5.97. The molecule has 6 nitrogen and oxygen atoms in total. The summed E-state index contributed by atoms with van der Waals surface area (Å²) in [6, 6.07) is 9.84. The zero-order valence-corrected chi connectivity index (χ0v) is 18.0. The van der Waals surface area contributed by atoms with Crippen molar-refractivity contribution in [1.82, 2.24) is 4.90 Å². The minimum atomic E-state index is -0.927. The highest BCUT2D eigenvalue weighted by Gasteiger charge is 2.43. The molecule has 6 heteroatoms. The molecule has 1 saturated heterocycles. The summed E-state index contributed by atoms with van der Waals surface area (Å²) >= 11 is 0. The highest BCUT2D eigenvalue weighted by atomic mass is 16.6. The monoisotopic (exact) mass is 413 g/mol. The van der Waals surface area contributed by atoms with Crippen LogP contribution in [0.25, 0.3) is 5.57 Å². The predicted octanol–water partition coefficient (Wildman–Crippen LogP) is 4.74. The van der Waals surface area contributed by atoms with Gasteiger partial charge >= 0.3 is 12.1 Å². The van der Waals surface area contributed by atoms with Gasteiger partial charge in [-0.2, -0.15) is 0 Å². The zero-order chi connectivity index (χ0) is 22.1. The van der Waals surface area contributed by atoms with E-state index in [-0.39, 0.29) is 30.1 Å². The van der Waals surface area contributed by atoms with Gasteiger partial charge in [0.05, 0.1) is 5.92 Å². The number of carboxylic acids is 1. The van der Waals surface area contributed by atoms with E-state index in [1.54, 1.807) is 32.9 Å². The minimum Gasteiger partial charge on any atom is -0.508 e. The minimum absolute atomic E-state index is 0.0447. The van der Waals surface area contributed by atoms with Gasteiger partial charge in [-0.15, -0.1) is 0 Å². The topological polar surface area (TPSA) is 87.1 Å². The number of allylic oxidation sites excluding steroid dienone is 3. The summed E-state index contributed by atoms with van der Waals surface area (Å²) in [5.74, 6) is -1.77. The maximum Gasteiger partial charge on any atom is 0.410 e. The maximum atomic E-state index is 12.5. The first-order chi connectivity index (χ1) is 14.1. The third kappa shape index (κ3) is 4.86. The number of piperidine rings is 1. The molecule has 2 N–H and O–H groups in total. The molecule has 1 fully saturated rings. The van der Waals surface area contributed by atoms with Crippen molar-refractivity contribution >= 4 is 17.6 Å². The van der Waals surface area contributed by atoms with Crippen molar-refractivity contribution in [3.05, 3.63) is 53.8 Å². The summed E-state index contributed by atoms with van der Waals surface area (Å²) < 4.78 is 5.43. The Labute approximate surface area is 177 Å². The van der Waals surface area contributed by atoms with Crippen molar-refractivity contribution in [1.29, 1.82) is 0 Å². The molecule has 30 heavy (non-hydrogen) atoms. The van der Waals surface area contributed by atoms with Gasteiger partial charge in [-0.1, -0.05) is 37.3 Å². The Hall–Kier alpha value is -2.76. The third-order valence-electron chi connectivity index (χ3n) is 5.97. The van der Waals surface area contributed by atoms with Crippen LogP contribution in [-0.2, 0) is 9.53 Å². The average molecular weight is 414 g/mol. The predicted molar refractivity (Wildman–Crippen MR) is 115 cm³/mol. The van der Waals surface area contributed by atoms with Gasteiger partial charge in [-0.25, -0.2) is 4.79 Å². The van der Waals surface area contributed by atoms with E-state index in [1.165, 1.54) is 4.90 Å². The number of hydrogen-bond acceptors (Lipinski definition) is 4. The first-order valence-electron chi connectivity index (χ1n) is 10.5. The number of carbonyl (C=O) groups excluding carboxylic acids is 1. The van der Waals surface area contributed by atoms with Crippen molar-refractivity contribution in [2.75, 3.05) is 13.1 Å². The fourth-order valence-electron chi connectivity index (χ4n) is 4.54. The molecule has 1 aliphatic heterocycles. The summed E-state index contributed by atoms with van der Waals surface area (Å²) in [5, 5.41) is 20.3. The van der Waals surface area contributed by atoms with Crippen LogP contribution >= 0.6 is 0 Å². The van der Waals surface area contributed by atoms with Crippen molar-refractivity contribution < 1.29 is 24.5 Å². The number of carbonyl (C=O) groups is 2. The molecular formula is C24H31NO5. The van der Waals surface area contributed by atoms with Gasteiger partial charge in [-0.3, -0.25) is 4.79 Å². The van der Waals surface area contributed by atoms with E-state index in [2.05, 4.69) is 6.92 Å². The van der Waals surface area contributed by atoms with Crippen LogP contribution in [0.3, 0.4) is 0 Å². The number of likely N-dealkylation sites (tertiary alicyclic amines) is 1. The Kier molecular flexibility index (Phi) is 6.25. The molecule has 0 bridgehead atoms. The normalized spacial score (nSPS) is 27.1. The smallest absolute Gasteiger partial charge is 0.410 e. The van der Waals surface area contributed by atoms with Crippen molar-refractivity contribution in [3.8, 4) is 0 Å². The lowest BCUT2D eigenvalue weighted by molar-refractivity contribution is -0.146. The number of aliphatic hydroxyl groups excluding tert-OH is 1. The lowest BCUT2D eigenvalue weighted by atomic mass is 9.67.